The number of carbonyl (C=O) groups is 1. The van der Waals surface area contributed by atoms with Gasteiger partial charge in [-0.3, -0.25) is 4.79 Å². The second kappa shape index (κ2) is 10.2. The van der Waals surface area contributed by atoms with Crippen LogP contribution in [-0.2, 0) is 18.4 Å². The highest BCUT2D eigenvalue weighted by molar-refractivity contribution is 7.99. The molecule has 0 saturated heterocycles. The fourth-order valence-electron chi connectivity index (χ4n) is 2.82. The lowest BCUT2D eigenvalue weighted by Gasteiger charge is -2.09. The quantitative estimate of drug-likeness (QED) is 0.345. The second-order valence-corrected chi connectivity index (χ2v) is 9.13. The van der Waals surface area contributed by atoms with Crippen molar-refractivity contribution in [2.24, 2.45) is 7.05 Å². The number of anilines is 1. The van der Waals surface area contributed by atoms with E-state index in [2.05, 4.69) is 20.5 Å². The summed E-state index contributed by atoms with van der Waals surface area (Å²) in [5.41, 5.74) is 2.91. The van der Waals surface area contributed by atoms with Crippen LogP contribution in [0.4, 0.5) is 5.13 Å². The highest BCUT2D eigenvalue weighted by Crippen LogP contribution is 2.27. The van der Waals surface area contributed by atoms with E-state index in [4.69, 9.17) is 16.3 Å². The van der Waals surface area contributed by atoms with Gasteiger partial charge in [0.15, 0.2) is 16.1 Å². The number of hydrogen-bond donors (Lipinski definition) is 1. The van der Waals surface area contributed by atoms with Gasteiger partial charge in [0.05, 0.1) is 16.5 Å². The van der Waals surface area contributed by atoms with Crippen molar-refractivity contribution in [3.05, 3.63) is 70.3 Å². The standard InChI is InChI=1S/C22H20ClN5O2S2/c1-14-8-9-16(23)18(10-14)30-11-19-26-27-22(28(19)2)32-13-20(29)25-21-24-17(12-31-21)15-6-4-3-5-7-15/h3-10,12H,11,13H2,1-2H3,(H,24,25,29). The summed E-state index contributed by atoms with van der Waals surface area (Å²) in [5, 5.41) is 14.8. The van der Waals surface area contributed by atoms with Gasteiger partial charge in [-0.1, -0.05) is 59.8 Å². The molecule has 2 aromatic carbocycles. The first-order chi connectivity index (χ1) is 15.5. The predicted octanol–water partition coefficient (Wildman–Crippen LogP) is 5.21. The van der Waals surface area contributed by atoms with Crippen molar-refractivity contribution in [2.75, 3.05) is 11.1 Å². The third-order valence-corrected chi connectivity index (χ3v) is 6.61. The summed E-state index contributed by atoms with van der Waals surface area (Å²) in [6, 6.07) is 15.4. The van der Waals surface area contributed by atoms with E-state index in [1.165, 1.54) is 23.1 Å². The Bertz CT molecular complexity index is 1230. The van der Waals surface area contributed by atoms with Crippen LogP contribution in [-0.4, -0.2) is 31.4 Å². The van der Waals surface area contributed by atoms with Crippen LogP contribution >= 0.6 is 34.7 Å². The maximum atomic E-state index is 12.4. The third-order valence-electron chi connectivity index (χ3n) is 4.52. The van der Waals surface area contributed by atoms with Gasteiger partial charge in [0.2, 0.25) is 5.91 Å². The molecule has 0 aliphatic rings. The summed E-state index contributed by atoms with van der Waals surface area (Å²) in [6.07, 6.45) is 0. The number of thioether (sulfide) groups is 1. The fourth-order valence-corrected chi connectivity index (χ4v) is 4.46. The van der Waals surface area contributed by atoms with Gasteiger partial charge in [-0.25, -0.2) is 4.98 Å². The lowest BCUT2D eigenvalue weighted by molar-refractivity contribution is -0.113. The van der Waals surface area contributed by atoms with Crippen LogP contribution in [0.1, 0.15) is 11.4 Å². The van der Waals surface area contributed by atoms with Crippen molar-refractivity contribution in [3.8, 4) is 17.0 Å². The largest absolute Gasteiger partial charge is 0.484 e. The number of nitrogens with zero attached hydrogens (tertiary/aromatic N) is 4. The van der Waals surface area contributed by atoms with Gasteiger partial charge in [0.25, 0.3) is 0 Å². The van der Waals surface area contributed by atoms with E-state index in [9.17, 15) is 4.79 Å². The summed E-state index contributed by atoms with van der Waals surface area (Å²) < 4.78 is 7.59. The molecule has 0 saturated carbocycles. The summed E-state index contributed by atoms with van der Waals surface area (Å²) >= 11 is 8.87. The maximum Gasteiger partial charge on any atom is 0.236 e. The average molecular weight is 486 g/mol. The molecule has 2 heterocycles. The van der Waals surface area contributed by atoms with E-state index in [1.807, 2.05) is 61.8 Å². The lowest BCUT2D eigenvalue weighted by atomic mass is 10.2. The SMILES string of the molecule is Cc1ccc(Cl)c(OCc2nnc(SCC(=O)Nc3nc(-c4ccccc4)cs3)n2C)c1. The van der Waals surface area contributed by atoms with E-state index < -0.39 is 0 Å². The molecule has 4 rings (SSSR count). The van der Waals surface area contributed by atoms with Crippen molar-refractivity contribution in [3.63, 3.8) is 0 Å². The Morgan fingerprint density at radius 1 is 1.22 bits per heavy atom. The summed E-state index contributed by atoms with van der Waals surface area (Å²) in [5.74, 6) is 1.27. The van der Waals surface area contributed by atoms with E-state index in [0.29, 0.717) is 26.9 Å². The van der Waals surface area contributed by atoms with Gasteiger partial charge >= 0.3 is 0 Å². The van der Waals surface area contributed by atoms with Crippen LogP contribution < -0.4 is 10.1 Å². The number of aromatic nitrogens is 4. The van der Waals surface area contributed by atoms with Gasteiger partial charge in [-0.15, -0.1) is 21.5 Å². The van der Waals surface area contributed by atoms with Crippen LogP contribution in [0.25, 0.3) is 11.3 Å². The lowest BCUT2D eigenvalue weighted by Crippen LogP contribution is -2.14. The molecule has 7 nitrogen and oxygen atoms in total. The van der Waals surface area contributed by atoms with E-state index in [0.717, 1.165) is 16.8 Å². The number of aryl methyl sites for hydroxylation is 1. The minimum absolute atomic E-state index is 0.156. The zero-order chi connectivity index (χ0) is 22.5. The predicted molar refractivity (Wildman–Crippen MR) is 128 cm³/mol. The minimum Gasteiger partial charge on any atom is -0.484 e. The molecule has 0 aliphatic heterocycles. The topological polar surface area (TPSA) is 81.9 Å². The van der Waals surface area contributed by atoms with Crippen molar-refractivity contribution >= 4 is 45.7 Å². The number of amides is 1. The fraction of sp³-hybridized carbons (Fsp3) is 0.182. The summed E-state index contributed by atoms with van der Waals surface area (Å²) in [4.78, 5) is 16.8. The molecule has 0 radical (unpaired) electrons. The number of carbonyl (C=O) groups excluding carboxylic acids is 1. The van der Waals surface area contributed by atoms with Crippen molar-refractivity contribution in [1.29, 1.82) is 0 Å². The summed E-state index contributed by atoms with van der Waals surface area (Å²) in [7, 11) is 1.84. The number of thiazole rings is 1. The van der Waals surface area contributed by atoms with Gasteiger partial charge in [-0.05, 0) is 24.6 Å². The number of ether oxygens (including phenoxy) is 1. The smallest absolute Gasteiger partial charge is 0.236 e. The van der Waals surface area contributed by atoms with Crippen molar-refractivity contribution in [2.45, 2.75) is 18.7 Å². The van der Waals surface area contributed by atoms with Crippen LogP contribution in [0.5, 0.6) is 5.75 Å². The zero-order valence-corrected chi connectivity index (χ0v) is 19.8. The monoisotopic (exact) mass is 485 g/mol. The second-order valence-electron chi connectivity index (χ2n) is 6.92. The highest BCUT2D eigenvalue weighted by atomic mass is 35.5. The Kier molecular flexibility index (Phi) is 7.09. The number of halogens is 1. The van der Waals surface area contributed by atoms with Gasteiger partial charge in [0, 0.05) is 18.0 Å². The van der Waals surface area contributed by atoms with Gasteiger partial charge in [0.1, 0.15) is 12.4 Å². The Morgan fingerprint density at radius 2 is 2.03 bits per heavy atom. The molecule has 1 amide bonds. The number of nitrogens with one attached hydrogen (secondary N) is 1. The van der Waals surface area contributed by atoms with Gasteiger partial charge < -0.3 is 14.6 Å². The molecule has 32 heavy (non-hydrogen) atoms. The third kappa shape index (κ3) is 5.48. The first-order valence-corrected chi connectivity index (χ1v) is 11.9. The van der Waals surface area contributed by atoms with Crippen molar-refractivity contribution in [1.82, 2.24) is 19.7 Å². The Hall–Kier alpha value is -2.88. The number of hydrogen-bond acceptors (Lipinski definition) is 7. The normalized spacial score (nSPS) is 10.8. The van der Waals surface area contributed by atoms with Crippen LogP contribution in [0.2, 0.25) is 5.02 Å². The molecular formula is C22H20ClN5O2S2. The number of rotatable bonds is 8. The molecule has 0 unspecified atom stereocenters. The van der Waals surface area contributed by atoms with Gasteiger partial charge in [-0.2, -0.15) is 0 Å². The molecule has 0 bridgehead atoms. The minimum atomic E-state index is -0.156. The van der Waals surface area contributed by atoms with Crippen LogP contribution in [0.3, 0.4) is 0 Å². The zero-order valence-electron chi connectivity index (χ0n) is 17.4. The Labute approximate surface area is 198 Å². The first-order valence-electron chi connectivity index (χ1n) is 9.70. The van der Waals surface area contributed by atoms with E-state index in [1.54, 1.807) is 10.6 Å². The van der Waals surface area contributed by atoms with E-state index >= 15 is 0 Å². The first kappa shape index (κ1) is 22.3. The van der Waals surface area contributed by atoms with E-state index in [-0.39, 0.29) is 18.3 Å². The molecule has 2 aromatic heterocycles. The van der Waals surface area contributed by atoms with Crippen LogP contribution in [0.15, 0.2) is 59.1 Å². The summed E-state index contributed by atoms with van der Waals surface area (Å²) in [6.45, 7) is 2.19. The average Bonchev–Trinajstić information content (AvgIpc) is 3.40. The Balaban J connectivity index is 1.30. The molecule has 0 fully saturated rings. The van der Waals surface area contributed by atoms with Crippen molar-refractivity contribution < 1.29 is 9.53 Å². The molecule has 10 heteroatoms. The molecule has 164 valence electrons. The maximum absolute atomic E-state index is 12.4. The highest BCUT2D eigenvalue weighted by Gasteiger charge is 2.14. The molecular weight excluding hydrogens is 466 g/mol. The molecule has 0 spiro atoms. The van der Waals surface area contributed by atoms with Crippen LogP contribution in [0, 0.1) is 6.92 Å². The molecule has 0 atom stereocenters. The Morgan fingerprint density at radius 3 is 2.84 bits per heavy atom. The number of benzene rings is 2. The molecule has 4 aromatic rings. The molecule has 1 N–H and O–H groups in total. The molecule has 0 aliphatic carbocycles.